The molecule has 0 radical (unpaired) electrons. The van der Waals surface area contributed by atoms with Gasteiger partial charge < -0.3 is 14.6 Å². The number of nitrogens with one attached hydrogen (secondary N) is 2. The molecule has 0 spiro atoms. The number of azide groups is 1. The Morgan fingerprint density at radius 2 is 1.90 bits per heavy atom. The summed E-state index contributed by atoms with van der Waals surface area (Å²) in [5, 5.41) is 12.6. The molecule has 3 aromatic rings. The minimum absolute atomic E-state index is 0.0341. The lowest BCUT2D eigenvalue weighted by molar-refractivity contribution is -0.129. The van der Waals surface area contributed by atoms with Crippen molar-refractivity contribution in [3.8, 4) is 5.75 Å². The number of aliphatic imine (C=N–C) groups is 1. The Hall–Kier alpha value is -4.51. The molecule has 3 aromatic carbocycles. The Balaban J connectivity index is 1.61. The van der Waals surface area contributed by atoms with Crippen LogP contribution < -0.4 is 15.6 Å². The van der Waals surface area contributed by atoms with E-state index in [0.717, 1.165) is 23.3 Å². The molecule has 0 aliphatic carbocycles. The first-order valence-corrected chi connectivity index (χ1v) is 13.0. The van der Waals surface area contributed by atoms with Crippen LogP contribution in [0.25, 0.3) is 10.4 Å². The molecule has 0 saturated carbocycles. The van der Waals surface area contributed by atoms with Crippen molar-refractivity contribution in [2.75, 3.05) is 13.2 Å². The number of ether oxygens (including phenoxy) is 2. The van der Waals surface area contributed by atoms with Crippen molar-refractivity contribution in [1.82, 2.24) is 10.9 Å². The Morgan fingerprint density at radius 3 is 2.61 bits per heavy atom. The van der Waals surface area contributed by atoms with Crippen LogP contribution in [0.1, 0.15) is 35.6 Å². The van der Waals surface area contributed by atoms with E-state index in [-0.39, 0.29) is 32.0 Å². The van der Waals surface area contributed by atoms with Crippen LogP contribution in [0, 0.1) is 11.6 Å². The van der Waals surface area contributed by atoms with Gasteiger partial charge in [-0.25, -0.2) is 19.2 Å². The molecule has 41 heavy (non-hydrogen) atoms. The van der Waals surface area contributed by atoms with Gasteiger partial charge >= 0.3 is 0 Å². The largest absolute Gasteiger partial charge is 0.494 e. The second kappa shape index (κ2) is 13.7. The smallest absolute Gasteiger partial charge is 0.266 e. The quantitative estimate of drug-likeness (QED) is 0.0922. The number of rotatable bonds is 13. The molecule has 10 nitrogen and oxygen atoms in total. The summed E-state index contributed by atoms with van der Waals surface area (Å²) in [6, 6.07) is 17.8. The van der Waals surface area contributed by atoms with E-state index in [2.05, 4.69) is 20.9 Å². The molecule has 0 bridgehead atoms. The lowest BCUT2D eigenvalue weighted by Crippen LogP contribution is -2.55. The molecule has 3 N–H and O–H groups in total. The van der Waals surface area contributed by atoms with Gasteiger partial charge in [0.1, 0.15) is 11.9 Å². The van der Waals surface area contributed by atoms with Crippen molar-refractivity contribution in [1.29, 1.82) is 0 Å². The van der Waals surface area contributed by atoms with E-state index in [9.17, 15) is 13.6 Å². The number of benzene rings is 3. The molecule has 0 fully saturated rings. The second-order valence-electron chi connectivity index (χ2n) is 9.44. The number of aliphatic hydroxyl groups excluding tert-OH is 1. The molecule has 214 valence electrons. The van der Waals surface area contributed by atoms with Crippen LogP contribution >= 0.6 is 0 Å². The first-order valence-electron chi connectivity index (χ1n) is 13.0. The molecule has 1 aliphatic rings. The molecule has 0 aromatic heterocycles. The zero-order valence-corrected chi connectivity index (χ0v) is 22.4. The van der Waals surface area contributed by atoms with Gasteiger partial charge in [0.15, 0.2) is 17.2 Å². The lowest BCUT2D eigenvalue weighted by atomic mass is 9.84. The fraction of sp³-hybridized carbons (Fsp3) is 0.310. The van der Waals surface area contributed by atoms with Crippen molar-refractivity contribution in [3.05, 3.63) is 111 Å². The summed E-state index contributed by atoms with van der Waals surface area (Å²) in [6.07, 6.45) is -0.0519. The predicted molar refractivity (Wildman–Crippen MR) is 148 cm³/mol. The van der Waals surface area contributed by atoms with Gasteiger partial charge in [-0.1, -0.05) is 35.4 Å². The third-order valence-electron chi connectivity index (χ3n) is 6.69. The van der Waals surface area contributed by atoms with Gasteiger partial charge in [-0.15, -0.1) is 0 Å². The van der Waals surface area contributed by atoms with Crippen LogP contribution in [-0.2, 0) is 29.0 Å². The van der Waals surface area contributed by atoms with E-state index >= 15 is 0 Å². The van der Waals surface area contributed by atoms with Crippen molar-refractivity contribution in [2.24, 2.45) is 10.1 Å². The number of carbonyl (C=O) groups excluding carboxylic acids is 1. The second-order valence-corrected chi connectivity index (χ2v) is 9.44. The molecular weight excluding hydrogens is 534 g/mol. The van der Waals surface area contributed by atoms with Gasteiger partial charge in [0.2, 0.25) is 5.90 Å². The number of aliphatic hydroxyl groups is 1. The maximum Gasteiger partial charge on any atom is 0.266 e. The fourth-order valence-corrected chi connectivity index (χ4v) is 4.41. The van der Waals surface area contributed by atoms with Crippen molar-refractivity contribution in [3.63, 3.8) is 0 Å². The van der Waals surface area contributed by atoms with Gasteiger partial charge in [-0.05, 0) is 65.5 Å². The maximum atomic E-state index is 13.8. The van der Waals surface area contributed by atoms with Crippen molar-refractivity contribution < 1.29 is 28.2 Å². The normalized spacial score (nSPS) is 17.8. The molecule has 0 unspecified atom stereocenters. The van der Waals surface area contributed by atoms with E-state index in [0.29, 0.717) is 29.9 Å². The molecule has 1 heterocycles. The molecule has 2 atom stereocenters. The van der Waals surface area contributed by atoms with Gasteiger partial charge in [-0.3, -0.25) is 10.2 Å². The highest BCUT2D eigenvalue weighted by molar-refractivity contribution is 6.00. The molecular formula is C29H30F2N6O4. The highest BCUT2D eigenvalue weighted by atomic mass is 19.2. The highest BCUT2D eigenvalue weighted by Crippen LogP contribution is 2.34. The highest BCUT2D eigenvalue weighted by Gasteiger charge is 2.50. The number of hydrogen-bond acceptors (Lipinski definition) is 7. The van der Waals surface area contributed by atoms with E-state index in [1.807, 2.05) is 24.3 Å². The van der Waals surface area contributed by atoms with E-state index in [4.69, 9.17) is 25.1 Å². The average molecular weight is 565 g/mol. The number of amides is 1. The summed E-state index contributed by atoms with van der Waals surface area (Å²) < 4.78 is 38.6. The van der Waals surface area contributed by atoms with E-state index in [1.54, 1.807) is 31.2 Å². The van der Waals surface area contributed by atoms with Crippen LogP contribution in [0.2, 0.25) is 0 Å². The number of halogens is 2. The first-order chi connectivity index (χ1) is 19.9. The third kappa shape index (κ3) is 7.17. The van der Waals surface area contributed by atoms with Crippen LogP contribution in [-0.4, -0.2) is 41.8 Å². The minimum Gasteiger partial charge on any atom is -0.494 e. The summed E-state index contributed by atoms with van der Waals surface area (Å²) in [5.41, 5.74) is 15.4. The standard InChI is InChI=1S/C29H30F2N6O4/c1-19-29(16-22-5-2-3-6-23(22)18-34-37-32,28(39)36-33-17-20-7-12-25(30)26(31)15-20)35-27(41-19)21-8-10-24(11-9-21)40-14-4-13-38/h2-3,5-12,15,19,33,38H,4,13-14,16-18H2,1H3,(H,36,39)/t19-,29-/m0/s1. The van der Waals surface area contributed by atoms with E-state index in [1.165, 1.54) is 6.07 Å². The monoisotopic (exact) mass is 564 g/mol. The molecule has 1 aliphatic heterocycles. The fourth-order valence-electron chi connectivity index (χ4n) is 4.41. The predicted octanol–water partition coefficient (Wildman–Crippen LogP) is 4.50. The molecule has 12 heteroatoms. The Kier molecular flexibility index (Phi) is 9.86. The van der Waals surface area contributed by atoms with Gasteiger partial charge in [0, 0.05) is 36.5 Å². The average Bonchev–Trinajstić information content (AvgIpc) is 3.31. The van der Waals surface area contributed by atoms with Crippen LogP contribution in [0.4, 0.5) is 8.78 Å². The van der Waals surface area contributed by atoms with E-state index < -0.39 is 29.2 Å². The SMILES string of the molecule is C[C@@H]1OC(c2ccc(OCCCO)cc2)=N[C@]1(Cc1ccccc1CN=[N+]=[N-])C(=O)NNCc1ccc(F)c(F)c1. The summed E-state index contributed by atoms with van der Waals surface area (Å²) >= 11 is 0. The number of hydrogen-bond donors (Lipinski definition) is 3. The topological polar surface area (TPSA) is 141 Å². The zero-order chi connectivity index (χ0) is 29.2. The Bertz CT molecular complexity index is 1450. The summed E-state index contributed by atoms with van der Waals surface area (Å²) in [6.45, 7) is 2.29. The third-order valence-corrected chi connectivity index (χ3v) is 6.69. The number of hydrazine groups is 1. The van der Waals surface area contributed by atoms with Crippen LogP contribution in [0.15, 0.2) is 76.8 Å². The summed E-state index contributed by atoms with van der Waals surface area (Å²) in [5.74, 6) is -1.56. The maximum absolute atomic E-state index is 13.8. The van der Waals surface area contributed by atoms with Gasteiger partial charge in [0.25, 0.3) is 5.91 Å². The van der Waals surface area contributed by atoms with Gasteiger partial charge in [0.05, 0.1) is 13.2 Å². The molecule has 0 saturated heterocycles. The summed E-state index contributed by atoms with van der Waals surface area (Å²) in [4.78, 5) is 21.4. The van der Waals surface area contributed by atoms with Gasteiger partial charge in [-0.2, -0.15) is 0 Å². The van der Waals surface area contributed by atoms with Crippen LogP contribution in [0.5, 0.6) is 5.75 Å². The minimum atomic E-state index is -1.42. The Labute approximate surface area is 235 Å². The number of nitrogens with zero attached hydrogens (tertiary/aromatic N) is 4. The first kappa shape index (κ1) is 29.5. The Morgan fingerprint density at radius 1 is 1.15 bits per heavy atom. The van der Waals surface area contributed by atoms with Crippen molar-refractivity contribution >= 4 is 11.8 Å². The lowest BCUT2D eigenvalue weighted by Gasteiger charge is -2.29. The summed E-state index contributed by atoms with van der Waals surface area (Å²) in [7, 11) is 0. The molecule has 4 rings (SSSR count). The van der Waals surface area contributed by atoms with Crippen LogP contribution in [0.3, 0.4) is 0 Å². The van der Waals surface area contributed by atoms with Crippen molar-refractivity contribution in [2.45, 2.75) is 44.5 Å². The molecule has 1 amide bonds. The number of carbonyl (C=O) groups is 1. The zero-order valence-electron chi connectivity index (χ0n) is 22.4.